The minimum atomic E-state index is -0.0878. The Labute approximate surface area is 144 Å². The highest BCUT2D eigenvalue weighted by Gasteiger charge is 2.05. The number of carbonyl (C=O) groups is 1. The van der Waals surface area contributed by atoms with Crippen LogP contribution < -0.4 is 15.4 Å². The van der Waals surface area contributed by atoms with Crippen LogP contribution in [0.1, 0.15) is 25.0 Å². The summed E-state index contributed by atoms with van der Waals surface area (Å²) in [5.74, 6) is 1.14. The van der Waals surface area contributed by atoms with Gasteiger partial charge in [-0.25, -0.2) is 0 Å². The van der Waals surface area contributed by atoms with E-state index in [0.717, 1.165) is 17.1 Å². The predicted octanol–water partition coefficient (Wildman–Crippen LogP) is 4.39. The topological polar surface area (TPSA) is 50.4 Å². The summed E-state index contributed by atoms with van der Waals surface area (Å²) in [7, 11) is 0. The van der Waals surface area contributed by atoms with Gasteiger partial charge in [-0.1, -0.05) is 26.0 Å². The van der Waals surface area contributed by atoms with E-state index in [1.165, 1.54) is 11.1 Å². The standard InChI is InChI=1S/C20H26N2O2/c1-14(2)13-24-19-7-5-6-17(11-19)22-20(23)12-21-18-9-15(3)8-16(4)10-18/h5-11,14,21H,12-13H2,1-4H3,(H,22,23). The SMILES string of the molecule is Cc1cc(C)cc(NCC(=O)Nc2cccc(OCC(C)C)c2)c1. The molecule has 0 heterocycles. The number of benzene rings is 2. The minimum Gasteiger partial charge on any atom is -0.493 e. The van der Waals surface area contributed by atoms with E-state index in [1.54, 1.807) is 0 Å². The van der Waals surface area contributed by atoms with Crippen LogP contribution in [0.5, 0.6) is 5.75 Å². The lowest BCUT2D eigenvalue weighted by Gasteiger charge is -2.12. The van der Waals surface area contributed by atoms with Crippen molar-refractivity contribution in [2.24, 2.45) is 5.92 Å². The van der Waals surface area contributed by atoms with Gasteiger partial charge in [-0.2, -0.15) is 0 Å². The molecule has 0 aliphatic carbocycles. The second-order valence-electron chi connectivity index (χ2n) is 6.51. The Balaban J connectivity index is 1.88. The number of amides is 1. The van der Waals surface area contributed by atoms with Gasteiger partial charge >= 0.3 is 0 Å². The fourth-order valence-corrected chi connectivity index (χ4v) is 2.39. The number of hydrogen-bond acceptors (Lipinski definition) is 3. The predicted molar refractivity (Wildman–Crippen MR) is 99.8 cm³/mol. The van der Waals surface area contributed by atoms with Gasteiger partial charge in [0.2, 0.25) is 5.91 Å². The van der Waals surface area contributed by atoms with Crippen molar-refractivity contribution in [1.82, 2.24) is 0 Å². The van der Waals surface area contributed by atoms with Crippen LogP contribution in [0.2, 0.25) is 0 Å². The summed E-state index contributed by atoms with van der Waals surface area (Å²) < 4.78 is 5.68. The Morgan fingerprint density at radius 3 is 2.42 bits per heavy atom. The highest BCUT2D eigenvalue weighted by Crippen LogP contribution is 2.18. The van der Waals surface area contributed by atoms with Crippen molar-refractivity contribution in [2.75, 3.05) is 23.8 Å². The molecule has 0 aliphatic heterocycles. The molecular weight excluding hydrogens is 300 g/mol. The van der Waals surface area contributed by atoms with Crippen molar-refractivity contribution in [3.63, 3.8) is 0 Å². The molecule has 0 aliphatic rings. The summed E-state index contributed by atoms with van der Waals surface area (Å²) in [4.78, 5) is 12.1. The van der Waals surface area contributed by atoms with Crippen LogP contribution in [0.25, 0.3) is 0 Å². The first-order chi connectivity index (χ1) is 11.4. The number of nitrogens with one attached hydrogen (secondary N) is 2. The first-order valence-electron chi connectivity index (χ1n) is 8.27. The zero-order valence-corrected chi connectivity index (χ0v) is 14.8. The van der Waals surface area contributed by atoms with Gasteiger partial charge in [0, 0.05) is 17.4 Å². The Kier molecular flexibility index (Phi) is 6.24. The number of rotatable bonds is 7. The van der Waals surface area contributed by atoms with Crippen LogP contribution in [0.4, 0.5) is 11.4 Å². The summed E-state index contributed by atoms with van der Waals surface area (Å²) in [5, 5.41) is 6.05. The molecule has 2 N–H and O–H groups in total. The van der Waals surface area contributed by atoms with Crippen molar-refractivity contribution in [3.8, 4) is 5.75 Å². The maximum atomic E-state index is 12.1. The molecule has 0 saturated heterocycles. The van der Waals surface area contributed by atoms with Crippen molar-refractivity contribution < 1.29 is 9.53 Å². The zero-order valence-electron chi connectivity index (χ0n) is 14.8. The Bertz CT molecular complexity index is 676. The highest BCUT2D eigenvalue weighted by atomic mass is 16.5. The second kappa shape index (κ2) is 8.39. The molecular formula is C20H26N2O2. The van der Waals surface area contributed by atoms with Crippen molar-refractivity contribution >= 4 is 17.3 Å². The normalized spacial score (nSPS) is 10.5. The first kappa shape index (κ1) is 17.9. The third kappa shape index (κ3) is 5.95. The Morgan fingerprint density at radius 1 is 1.04 bits per heavy atom. The maximum Gasteiger partial charge on any atom is 0.243 e. The van der Waals surface area contributed by atoms with Crippen molar-refractivity contribution in [2.45, 2.75) is 27.7 Å². The van der Waals surface area contributed by atoms with Gasteiger partial charge in [-0.3, -0.25) is 4.79 Å². The zero-order chi connectivity index (χ0) is 17.5. The molecule has 2 aromatic rings. The smallest absolute Gasteiger partial charge is 0.243 e. The van der Waals surface area contributed by atoms with Gasteiger partial charge in [0.1, 0.15) is 5.75 Å². The summed E-state index contributed by atoms with van der Waals surface area (Å²) in [6.07, 6.45) is 0. The monoisotopic (exact) mass is 326 g/mol. The fraction of sp³-hybridized carbons (Fsp3) is 0.350. The molecule has 0 atom stereocenters. The van der Waals surface area contributed by atoms with E-state index in [4.69, 9.17) is 4.74 Å². The van der Waals surface area contributed by atoms with Crippen LogP contribution in [0.3, 0.4) is 0 Å². The number of aryl methyl sites for hydroxylation is 2. The lowest BCUT2D eigenvalue weighted by Crippen LogP contribution is -2.21. The van der Waals surface area contributed by atoms with Gasteiger partial charge in [0.15, 0.2) is 0 Å². The fourth-order valence-electron chi connectivity index (χ4n) is 2.39. The molecule has 0 saturated carbocycles. The van der Waals surface area contributed by atoms with E-state index < -0.39 is 0 Å². The maximum absolute atomic E-state index is 12.1. The molecule has 2 aromatic carbocycles. The molecule has 0 radical (unpaired) electrons. The van der Waals surface area contributed by atoms with Crippen molar-refractivity contribution in [3.05, 3.63) is 53.6 Å². The van der Waals surface area contributed by atoms with Crippen LogP contribution in [-0.4, -0.2) is 19.1 Å². The van der Waals surface area contributed by atoms with E-state index in [0.29, 0.717) is 12.5 Å². The molecule has 0 spiro atoms. The minimum absolute atomic E-state index is 0.0878. The average molecular weight is 326 g/mol. The van der Waals surface area contributed by atoms with Crippen LogP contribution in [0, 0.1) is 19.8 Å². The van der Waals surface area contributed by atoms with E-state index in [-0.39, 0.29) is 12.5 Å². The molecule has 2 rings (SSSR count). The third-order valence-electron chi connectivity index (χ3n) is 3.38. The molecule has 4 nitrogen and oxygen atoms in total. The number of anilines is 2. The summed E-state index contributed by atoms with van der Waals surface area (Å²) in [6, 6.07) is 13.6. The number of carbonyl (C=O) groups excluding carboxylic acids is 1. The van der Waals surface area contributed by atoms with Gasteiger partial charge in [0.25, 0.3) is 0 Å². The lowest BCUT2D eigenvalue weighted by atomic mass is 10.1. The van der Waals surface area contributed by atoms with E-state index >= 15 is 0 Å². The van der Waals surface area contributed by atoms with Crippen molar-refractivity contribution in [1.29, 1.82) is 0 Å². The molecule has 0 bridgehead atoms. The Hall–Kier alpha value is -2.49. The third-order valence-corrected chi connectivity index (χ3v) is 3.38. The molecule has 24 heavy (non-hydrogen) atoms. The average Bonchev–Trinajstić information content (AvgIpc) is 2.50. The van der Waals surface area contributed by atoms with Gasteiger partial charge in [0.05, 0.1) is 13.2 Å². The molecule has 0 fully saturated rings. The lowest BCUT2D eigenvalue weighted by molar-refractivity contribution is -0.114. The molecule has 4 heteroatoms. The largest absolute Gasteiger partial charge is 0.493 e. The summed E-state index contributed by atoms with van der Waals surface area (Å²) in [5.41, 5.74) is 4.04. The van der Waals surface area contributed by atoms with Crippen LogP contribution >= 0.6 is 0 Å². The van der Waals surface area contributed by atoms with Gasteiger partial charge < -0.3 is 15.4 Å². The van der Waals surface area contributed by atoms with E-state index in [9.17, 15) is 4.79 Å². The summed E-state index contributed by atoms with van der Waals surface area (Å²) in [6.45, 7) is 9.17. The van der Waals surface area contributed by atoms with E-state index in [1.807, 2.05) is 50.2 Å². The number of hydrogen-bond donors (Lipinski definition) is 2. The quantitative estimate of drug-likeness (QED) is 0.793. The van der Waals surface area contributed by atoms with Crippen LogP contribution in [-0.2, 0) is 4.79 Å². The summed E-state index contributed by atoms with van der Waals surface area (Å²) >= 11 is 0. The molecule has 0 aromatic heterocycles. The molecule has 0 unspecified atom stereocenters. The highest BCUT2D eigenvalue weighted by molar-refractivity contribution is 5.93. The first-order valence-corrected chi connectivity index (χ1v) is 8.27. The Morgan fingerprint density at radius 2 is 1.75 bits per heavy atom. The van der Waals surface area contributed by atoms with Crippen LogP contribution in [0.15, 0.2) is 42.5 Å². The molecule has 128 valence electrons. The molecule has 1 amide bonds. The van der Waals surface area contributed by atoms with E-state index in [2.05, 4.69) is 30.5 Å². The van der Waals surface area contributed by atoms with Gasteiger partial charge in [-0.05, 0) is 55.2 Å². The second-order valence-corrected chi connectivity index (χ2v) is 6.51. The van der Waals surface area contributed by atoms with Gasteiger partial charge in [-0.15, -0.1) is 0 Å². The number of ether oxygens (including phenoxy) is 1.